The molecule has 5 aliphatic carbocycles. The largest absolute Gasteiger partial charge is 0.310 e. The van der Waals surface area contributed by atoms with Crippen LogP contribution in [0.1, 0.15) is 43.2 Å². The van der Waals surface area contributed by atoms with Gasteiger partial charge < -0.3 is 4.90 Å². The third-order valence-corrected chi connectivity index (χ3v) is 16.2. The van der Waals surface area contributed by atoms with Crippen LogP contribution in [0.5, 0.6) is 0 Å². The minimum Gasteiger partial charge on any atom is -0.310 e. The summed E-state index contributed by atoms with van der Waals surface area (Å²) in [6.45, 7) is 0. The van der Waals surface area contributed by atoms with Crippen LogP contribution >= 0.6 is 11.3 Å². The average Bonchev–Trinajstić information content (AvgIpc) is 3.82. The zero-order valence-corrected chi connectivity index (χ0v) is 34.4. The van der Waals surface area contributed by atoms with Crippen LogP contribution in [0.4, 0.5) is 17.1 Å². The van der Waals surface area contributed by atoms with Gasteiger partial charge in [0.05, 0.1) is 5.69 Å². The molecular weight excluding hydrogens is 743 g/mol. The van der Waals surface area contributed by atoms with Gasteiger partial charge in [-0.05, 0) is 154 Å². The number of hydrogen-bond acceptors (Lipinski definition) is 2. The molecule has 0 saturated heterocycles. The maximum Gasteiger partial charge on any atom is 0.0540 e. The molecule has 0 aliphatic heterocycles. The van der Waals surface area contributed by atoms with E-state index in [1.54, 1.807) is 11.1 Å². The lowest BCUT2D eigenvalue weighted by molar-refractivity contribution is -0.0399. The Balaban J connectivity index is 0.945. The summed E-state index contributed by atoms with van der Waals surface area (Å²) in [7, 11) is 0. The highest BCUT2D eigenvalue weighted by Crippen LogP contribution is 2.69. The topological polar surface area (TPSA) is 3.24 Å². The SMILES string of the molecule is c1ccc(-c2ccc(N(c3ccc(-c4ccc5c(c4)-c4ccccc4C54C5CC6CC(C5)CC4C6)cc3)c3ccc4c(c3)sc3ccccc34)c(-c3ccccc3)c2)cc1. The highest BCUT2D eigenvalue weighted by Gasteiger charge is 2.61. The van der Waals surface area contributed by atoms with Gasteiger partial charge in [0.1, 0.15) is 0 Å². The molecule has 1 spiro atoms. The summed E-state index contributed by atoms with van der Waals surface area (Å²) in [5, 5.41) is 2.63. The lowest BCUT2D eigenvalue weighted by Crippen LogP contribution is -2.55. The van der Waals surface area contributed by atoms with Gasteiger partial charge in [0.15, 0.2) is 0 Å². The van der Waals surface area contributed by atoms with Gasteiger partial charge in [-0.15, -0.1) is 11.3 Å². The maximum absolute atomic E-state index is 2.55. The molecule has 5 aliphatic rings. The predicted octanol–water partition coefficient (Wildman–Crippen LogP) is 16.2. The van der Waals surface area contributed by atoms with E-state index in [-0.39, 0.29) is 5.41 Å². The lowest BCUT2D eigenvalue weighted by Gasteiger charge is -2.61. The van der Waals surface area contributed by atoms with Gasteiger partial charge >= 0.3 is 0 Å². The summed E-state index contributed by atoms with van der Waals surface area (Å²) in [6.07, 6.45) is 7.14. The Labute approximate surface area is 356 Å². The van der Waals surface area contributed by atoms with E-state index in [1.165, 1.54) is 96.8 Å². The molecule has 4 fully saturated rings. The van der Waals surface area contributed by atoms with Gasteiger partial charge in [0.25, 0.3) is 0 Å². The van der Waals surface area contributed by atoms with Crippen molar-refractivity contribution in [3.8, 4) is 44.5 Å². The number of fused-ring (bicyclic) bond motifs is 6. The molecule has 0 N–H and O–H groups in total. The first-order chi connectivity index (χ1) is 29.7. The normalized spacial score (nSPS) is 22.1. The molecule has 8 aromatic carbocycles. The summed E-state index contributed by atoms with van der Waals surface area (Å²) >= 11 is 1.88. The van der Waals surface area contributed by atoms with E-state index in [1.807, 2.05) is 11.3 Å². The molecule has 0 amide bonds. The van der Waals surface area contributed by atoms with Crippen molar-refractivity contribution in [3.05, 3.63) is 199 Å². The monoisotopic (exact) mass is 787 g/mol. The fourth-order valence-electron chi connectivity index (χ4n) is 12.8. The van der Waals surface area contributed by atoms with Crippen LogP contribution in [0.3, 0.4) is 0 Å². The summed E-state index contributed by atoms with van der Waals surface area (Å²) in [4.78, 5) is 2.47. The number of anilines is 3. The van der Waals surface area contributed by atoms with Gasteiger partial charge in [-0.25, -0.2) is 0 Å². The fourth-order valence-corrected chi connectivity index (χ4v) is 14.0. The number of nitrogens with zero attached hydrogens (tertiary/aromatic N) is 1. The molecule has 0 unspecified atom stereocenters. The van der Waals surface area contributed by atoms with Crippen LogP contribution in [-0.4, -0.2) is 0 Å². The second-order valence-corrected chi connectivity index (χ2v) is 19.2. The van der Waals surface area contributed by atoms with E-state index in [4.69, 9.17) is 0 Å². The lowest BCUT2D eigenvalue weighted by atomic mass is 9.43. The first-order valence-corrected chi connectivity index (χ1v) is 22.8. The van der Waals surface area contributed by atoms with Crippen molar-refractivity contribution >= 4 is 48.6 Å². The third-order valence-electron chi connectivity index (χ3n) is 15.1. The standard InChI is InChI=1S/C58H45NS/c1-3-11-39(12-4-1)43-22-28-55(51(34-43)41-13-5-2-6-14-41)59(47-25-26-50-49-16-8-10-18-56(49)60-57(50)36-47)46-23-19-40(20-24-46)42-21-27-54-52(35-42)48-15-7-9-17-53(48)58(54)44-30-37-29-38(32-44)33-45(58)31-37/h1-28,34-38,44-45H,29-33H2. The summed E-state index contributed by atoms with van der Waals surface area (Å²) in [5.41, 5.74) is 17.2. The van der Waals surface area contributed by atoms with Gasteiger partial charge in [-0.3, -0.25) is 0 Å². The number of benzene rings is 8. The van der Waals surface area contributed by atoms with Gasteiger partial charge in [0.2, 0.25) is 0 Å². The van der Waals surface area contributed by atoms with E-state index in [9.17, 15) is 0 Å². The van der Waals surface area contributed by atoms with E-state index in [0.717, 1.165) is 40.7 Å². The van der Waals surface area contributed by atoms with E-state index in [0.29, 0.717) is 0 Å². The summed E-state index contributed by atoms with van der Waals surface area (Å²) < 4.78 is 2.62. The molecule has 1 aromatic heterocycles. The summed E-state index contributed by atoms with van der Waals surface area (Å²) in [6, 6.07) is 70.8. The highest BCUT2D eigenvalue weighted by atomic mass is 32.1. The second-order valence-electron chi connectivity index (χ2n) is 18.1. The van der Waals surface area contributed by atoms with E-state index < -0.39 is 0 Å². The van der Waals surface area contributed by atoms with Crippen molar-refractivity contribution in [2.75, 3.05) is 4.90 Å². The summed E-state index contributed by atoms with van der Waals surface area (Å²) in [5.74, 6) is 3.46. The zero-order valence-electron chi connectivity index (χ0n) is 33.6. The highest BCUT2D eigenvalue weighted by molar-refractivity contribution is 7.25. The quantitative estimate of drug-likeness (QED) is 0.162. The van der Waals surface area contributed by atoms with Crippen molar-refractivity contribution < 1.29 is 0 Å². The Bertz CT molecular complexity index is 3070. The van der Waals surface area contributed by atoms with E-state index in [2.05, 4.69) is 193 Å². The Morgan fingerprint density at radius 3 is 1.72 bits per heavy atom. The molecule has 288 valence electrons. The smallest absolute Gasteiger partial charge is 0.0540 e. The van der Waals surface area contributed by atoms with Crippen LogP contribution in [0.15, 0.2) is 188 Å². The van der Waals surface area contributed by atoms with Crippen molar-refractivity contribution in [2.45, 2.75) is 37.5 Å². The molecule has 60 heavy (non-hydrogen) atoms. The Kier molecular flexibility index (Phi) is 7.73. The molecule has 4 bridgehead atoms. The van der Waals surface area contributed by atoms with Gasteiger partial charge in [0, 0.05) is 42.5 Å². The van der Waals surface area contributed by atoms with Crippen LogP contribution in [0.25, 0.3) is 64.7 Å². The number of hydrogen-bond donors (Lipinski definition) is 0. The Morgan fingerprint density at radius 2 is 0.950 bits per heavy atom. The fraction of sp³-hybridized carbons (Fsp3) is 0.172. The molecular formula is C58H45NS. The average molecular weight is 788 g/mol. The van der Waals surface area contributed by atoms with Crippen LogP contribution in [0, 0.1) is 23.7 Å². The third kappa shape index (κ3) is 5.17. The van der Waals surface area contributed by atoms with Crippen molar-refractivity contribution in [3.63, 3.8) is 0 Å². The molecule has 0 atom stereocenters. The minimum atomic E-state index is 0.199. The molecule has 0 radical (unpaired) electrons. The van der Waals surface area contributed by atoms with Crippen molar-refractivity contribution in [2.24, 2.45) is 23.7 Å². The Morgan fingerprint density at radius 1 is 0.383 bits per heavy atom. The first-order valence-electron chi connectivity index (χ1n) is 22.0. The van der Waals surface area contributed by atoms with E-state index >= 15 is 0 Å². The van der Waals surface area contributed by atoms with Gasteiger partial charge in [-0.1, -0.05) is 140 Å². The Hall–Kier alpha value is -6.22. The van der Waals surface area contributed by atoms with Gasteiger partial charge in [-0.2, -0.15) is 0 Å². The zero-order chi connectivity index (χ0) is 39.4. The second kappa shape index (κ2) is 13.4. The minimum absolute atomic E-state index is 0.199. The molecule has 1 heterocycles. The molecule has 9 aromatic rings. The predicted molar refractivity (Wildman–Crippen MR) is 254 cm³/mol. The van der Waals surface area contributed by atoms with Crippen molar-refractivity contribution in [1.29, 1.82) is 0 Å². The molecule has 2 heteroatoms. The maximum atomic E-state index is 2.55. The van der Waals surface area contributed by atoms with Crippen LogP contribution in [0.2, 0.25) is 0 Å². The first kappa shape index (κ1) is 34.6. The molecule has 4 saturated carbocycles. The van der Waals surface area contributed by atoms with Crippen molar-refractivity contribution in [1.82, 2.24) is 0 Å². The van der Waals surface area contributed by atoms with Crippen LogP contribution in [-0.2, 0) is 5.41 Å². The molecule has 14 rings (SSSR count). The molecule has 1 nitrogen and oxygen atoms in total. The number of thiophene rings is 1. The number of rotatable bonds is 6. The van der Waals surface area contributed by atoms with Crippen LogP contribution < -0.4 is 4.90 Å².